The van der Waals surface area contributed by atoms with Gasteiger partial charge < -0.3 is 9.80 Å². The van der Waals surface area contributed by atoms with Crippen molar-refractivity contribution in [2.75, 3.05) is 38.1 Å². The van der Waals surface area contributed by atoms with Crippen molar-refractivity contribution in [3.63, 3.8) is 0 Å². The monoisotopic (exact) mass is 370 g/mol. The summed E-state index contributed by atoms with van der Waals surface area (Å²) in [6.07, 6.45) is -3.08. The summed E-state index contributed by atoms with van der Waals surface area (Å²) in [6, 6.07) is 2.24. The first-order chi connectivity index (χ1) is 11.8. The molecule has 6 nitrogen and oxygen atoms in total. The van der Waals surface area contributed by atoms with Gasteiger partial charge in [0.15, 0.2) is 5.82 Å². The Kier molecular flexibility index (Phi) is 3.73. The molecule has 1 saturated heterocycles. The average Bonchev–Trinajstić information content (AvgIpc) is 3.03. The van der Waals surface area contributed by atoms with E-state index < -0.39 is 11.7 Å². The first kappa shape index (κ1) is 16.3. The third-order valence-corrected chi connectivity index (χ3v) is 4.72. The van der Waals surface area contributed by atoms with E-state index in [9.17, 15) is 13.2 Å². The van der Waals surface area contributed by atoms with Crippen LogP contribution in [0, 0.1) is 0 Å². The van der Waals surface area contributed by atoms with Crippen LogP contribution in [0.3, 0.4) is 0 Å². The lowest BCUT2D eigenvalue weighted by atomic mass is 10.2. The Morgan fingerprint density at radius 2 is 1.84 bits per heavy atom. The molecular weight excluding hydrogens is 357 g/mol. The molecule has 1 fully saturated rings. The third-order valence-electron chi connectivity index (χ3n) is 4.41. The van der Waals surface area contributed by atoms with Crippen LogP contribution in [0.5, 0.6) is 0 Å². The van der Waals surface area contributed by atoms with Crippen LogP contribution >= 0.6 is 11.6 Å². The van der Waals surface area contributed by atoms with Crippen LogP contribution in [0.4, 0.5) is 19.0 Å². The van der Waals surface area contributed by atoms with Crippen molar-refractivity contribution >= 4 is 34.1 Å². The number of hydrogen-bond acceptors (Lipinski definition) is 5. The smallest absolute Gasteiger partial charge is 0.351 e. The van der Waals surface area contributed by atoms with Crippen LogP contribution < -0.4 is 4.90 Å². The molecule has 1 aliphatic rings. The molecule has 3 heterocycles. The Morgan fingerprint density at radius 1 is 1.12 bits per heavy atom. The van der Waals surface area contributed by atoms with Gasteiger partial charge >= 0.3 is 6.18 Å². The second kappa shape index (κ2) is 5.70. The fraction of sp³-hybridized carbons (Fsp3) is 0.400. The van der Waals surface area contributed by atoms with Crippen LogP contribution in [0.2, 0.25) is 5.02 Å². The van der Waals surface area contributed by atoms with Crippen LogP contribution in [-0.4, -0.2) is 57.7 Å². The first-order valence-electron chi connectivity index (χ1n) is 7.68. The Morgan fingerprint density at radius 3 is 2.52 bits per heavy atom. The van der Waals surface area contributed by atoms with E-state index in [0.29, 0.717) is 17.0 Å². The van der Waals surface area contributed by atoms with Crippen LogP contribution in [0.15, 0.2) is 18.5 Å². The summed E-state index contributed by atoms with van der Waals surface area (Å²) >= 11 is 5.84. The van der Waals surface area contributed by atoms with Crippen molar-refractivity contribution in [1.82, 2.24) is 24.5 Å². The van der Waals surface area contributed by atoms with Gasteiger partial charge in [-0.25, -0.2) is 4.98 Å². The Labute approximate surface area is 145 Å². The minimum Gasteiger partial charge on any atom is -0.351 e. The zero-order chi connectivity index (χ0) is 17.8. The maximum atomic E-state index is 13.2. The maximum absolute atomic E-state index is 13.2. The van der Waals surface area contributed by atoms with Crippen molar-refractivity contribution in [1.29, 1.82) is 0 Å². The number of benzene rings is 1. The molecule has 10 heteroatoms. The molecular formula is C15H14ClF3N6. The zero-order valence-electron chi connectivity index (χ0n) is 13.3. The van der Waals surface area contributed by atoms with Gasteiger partial charge in [0, 0.05) is 26.2 Å². The van der Waals surface area contributed by atoms with Gasteiger partial charge in [-0.2, -0.15) is 13.2 Å². The predicted octanol–water partition coefficient (Wildman–Crippen LogP) is 2.70. The summed E-state index contributed by atoms with van der Waals surface area (Å²) in [7, 11) is 2.02. The highest BCUT2D eigenvalue weighted by atomic mass is 35.5. The van der Waals surface area contributed by atoms with Crippen molar-refractivity contribution in [2.45, 2.75) is 6.18 Å². The number of fused-ring (bicyclic) bond motifs is 3. The van der Waals surface area contributed by atoms with E-state index >= 15 is 0 Å². The number of piperazine rings is 1. The van der Waals surface area contributed by atoms with E-state index in [0.717, 1.165) is 32.2 Å². The summed E-state index contributed by atoms with van der Waals surface area (Å²) in [4.78, 5) is 8.66. The maximum Gasteiger partial charge on any atom is 0.417 e. The Bertz CT molecular complexity index is 946. The molecule has 0 spiro atoms. The molecule has 3 aromatic rings. The van der Waals surface area contributed by atoms with E-state index in [-0.39, 0.29) is 10.5 Å². The van der Waals surface area contributed by atoms with Gasteiger partial charge in [-0.3, -0.25) is 4.40 Å². The van der Waals surface area contributed by atoms with Gasteiger partial charge in [-0.1, -0.05) is 11.6 Å². The number of halogens is 4. The molecule has 0 unspecified atom stereocenters. The molecule has 0 N–H and O–H groups in total. The normalized spacial score (nSPS) is 16.9. The largest absolute Gasteiger partial charge is 0.417 e. The standard InChI is InChI=1S/C15H14ClF3N6/c1-23-2-4-24(5-3-23)13-14-22-20-8-25(14)12-7-10(16)9(15(17,18)19)6-11(12)21-13/h6-8H,2-5H2,1H3. The van der Waals surface area contributed by atoms with E-state index in [1.165, 1.54) is 12.4 Å². The summed E-state index contributed by atoms with van der Waals surface area (Å²) in [5.74, 6) is 0.536. The van der Waals surface area contributed by atoms with Gasteiger partial charge in [0.05, 0.1) is 21.6 Å². The second-order valence-electron chi connectivity index (χ2n) is 6.07. The lowest BCUT2D eigenvalue weighted by Crippen LogP contribution is -2.45. The third kappa shape index (κ3) is 2.77. The van der Waals surface area contributed by atoms with E-state index in [2.05, 4.69) is 20.1 Å². The predicted molar refractivity (Wildman–Crippen MR) is 88.0 cm³/mol. The van der Waals surface area contributed by atoms with E-state index in [4.69, 9.17) is 11.6 Å². The fourth-order valence-electron chi connectivity index (χ4n) is 3.01. The van der Waals surface area contributed by atoms with Crippen molar-refractivity contribution in [3.8, 4) is 0 Å². The van der Waals surface area contributed by atoms with Gasteiger partial charge in [0.25, 0.3) is 0 Å². The summed E-state index contributed by atoms with van der Waals surface area (Å²) < 4.78 is 41.1. The molecule has 1 aromatic carbocycles. The van der Waals surface area contributed by atoms with Crippen molar-refractivity contribution in [2.24, 2.45) is 0 Å². The van der Waals surface area contributed by atoms with Gasteiger partial charge in [0.1, 0.15) is 6.33 Å². The summed E-state index contributed by atoms with van der Waals surface area (Å²) in [5, 5.41) is 7.62. The van der Waals surface area contributed by atoms with Gasteiger partial charge in [-0.15, -0.1) is 10.2 Å². The number of alkyl halides is 3. The highest BCUT2D eigenvalue weighted by Gasteiger charge is 2.34. The Balaban J connectivity index is 1.93. The quantitative estimate of drug-likeness (QED) is 0.659. The minimum absolute atomic E-state index is 0.206. The highest BCUT2D eigenvalue weighted by Crippen LogP contribution is 2.37. The zero-order valence-corrected chi connectivity index (χ0v) is 14.0. The first-order valence-corrected chi connectivity index (χ1v) is 8.06. The van der Waals surface area contributed by atoms with Crippen LogP contribution in [0.25, 0.3) is 16.7 Å². The molecule has 2 aromatic heterocycles. The van der Waals surface area contributed by atoms with Gasteiger partial charge in [0.2, 0.25) is 5.65 Å². The van der Waals surface area contributed by atoms with Crippen LogP contribution in [-0.2, 0) is 6.18 Å². The summed E-state index contributed by atoms with van der Waals surface area (Å²) in [5.41, 5.74) is 0.257. The molecule has 0 radical (unpaired) electrons. The van der Waals surface area contributed by atoms with E-state index in [1.807, 2.05) is 11.9 Å². The average molecular weight is 371 g/mol. The number of hydrogen-bond donors (Lipinski definition) is 0. The topological polar surface area (TPSA) is 49.6 Å². The molecule has 0 amide bonds. The Hall–Kier alpha value is -2.13. The van der Waals surface area contributed by atoms with Gasteiger partial charge in [-0.05, 0) is 19.2 Å². The van der Waals surface area contributed by atoms with E-state index in [1.54, 1.807) is 4.40 Å². The molecule has 132 valence electrons. The molecule has 1 aliphatic heterocycles. The SMILES string of the molecule is CN1CCN(c2nc3cc(C(F)(F)F)c(Cl)cc3n3cnnc23)CC1. The number of nitrogens with zero attached hydrogens (tertiary/aromatic N) is 6. The van der Waals surface area contributed by atoms with Crippen molar-refractivity contribution < 1.29 is 13.2 Å². The number of rotatable bonds is 1. The second-order valence-corrected chi connectivity index (χ2v) is 6.48. The molecule has 0 saturated carbocycles. The molecule has 0 aliphatic carbocycles. The van der Waals surface area contributed by atoms with Crippen molar-refractivity contribution in [3.05, 3.63) is 29.0 Å². The minimum atomic E-state index is -4.54. The lowest BCUT2D eigenvalue weighted by Gasteiger charge is -2.33. The molecule has 0 atom stereocenters. The number of anilines is 1. The molecule has 0 bridgehead atoms. The fourth-order valence-corrected chi connectivity index (χ4v) is 3.27. The highest BCUT2D eigenvalue weighted by molar-refractivity contribution is 6.32. The van der Waals surface area contributed by atoms with Crippen LogP contribution in [0.1, 0.15) is 5.56 Å². The number of likely N-dealkylation sites (N-methyl/N-ethyl adjacent to an activating group) is 1. The number of aromatic nitrogens is 4. The summed E-state index contributed by atoms with van der Waals surface area (Å²) in [6.45, 7) is 3.12. The molecule has 4 rings (SSSR count). The lowest BCUT2D eigenvalue weighted by molar-refractivity contribution is -0.137. The molecule has 25 heavy (non-hydrogen) atoms.